The molecule has 1 aromatic heterocycles. The van der Waals surface area contributed by atoms with E-state index in [4.69, 9.17) is 11.6 Å². The maximum Gasteiger partial charge on any atom is 0.117 e. The molecule has 0 bridgehead atoms. The summed E-state index contributed by atoms with van der Waals surface area (Å²) in [5.74, 6) is 0. The fourth-order valence-electron chi connectivity index (χ4n) is 1.75. The Hall–Kier alpha value is -1.25. The minimum Gasteiger partial charge on any atom is -0.350 e. The van der Waals surface area contributed by atoms with Gasteiger partial charge in [0, 0.05) is 23.8 Å². The van der Waals surface area contributed by atoms with Crippen LogP contribution < -0.4 is 5.32 Å². The summed E-state index contributed by atoms with van der Waals surface area (Å²) in [6.07, 6.45) is 2.07. The van der Waals surface area contributed by atoms with Crippen LogP contribution in [0.2, 0.25) is 5.02 Å². The smallest absolute Gasteiger partial charge is 0.117 e. The van der Waals surface area contributed by atoms with Crippen molar-refractivity contribution in [1.82, 2.24) is 4.57 Å². The Labute approximate surface area is 101 Å². The normalized spacial score (nSPS) is 10.6. The summed E-state index contributed by atoms with van der Waals surface area (Å²) in [6.45, 7) is 1.90. The molecule has 1 heterocycles. The van der Waals surface area contributed by atoms with E-state index in [9.17, 15) is 0 Å². The van der Waals surface area contributed by atoms with Crippen molar-refractivity contribution >= 4 is 11.6 Å². The van der Waals surface area contributed by atoms with Crippen LogP contribution in [0.1, 0.15) is 11.3 Å². The van der Waals surface area contributed by atoms with Gasteiger partial charge in [-0.25, -0.2) is 0 Å². The number of quaternary nitrogens is 1. The molecule has 0 amide bonds. The van der Waals surface area contributed by atoms with Gasteiger partial charge >= 0.3 is 0 Å². The number of rotatable bonds is 4. The monoisotopic (exact) mass is 235 g/mol. The predicted octanol–water partition coefficient (Wildman–Crippen LogP) is 1.94. The Balaban J connectivity index is 1.89. The fourth-order valence-corrected chi connectivity index (χ4v) is 1.96. The van der Waals surface area contributed by atoms with E-state index in [0.29, 0.717) is 0 Å². The van der Waals surface area contributed by atoms with Gasteiger partial charge in [-0.3, -0.25) is 0 Å². The fraction of sp³-hybridized carbons (Fsp3) is 0.231. The van der Waals surface area contributed by atoms with Crippen molar-refractivity contribution in [1.29, 1.82) is 0 Å². The summed E-state index contributed by atoms with van der Waals surface area (Å²) in [7, 11) is 2.07. The molecule has 0 saturated carbocycles. The lowest BCUT2D eigenvalue weighted by Crippen LogP contribution is -2.81. The number of hydrogen-bond donors (Lipinski definition) is 1. The van der Waals surface area contributed by atoms with Crippen LogP contribution >= 0.6 is 11.6 Å². The lowest BCUT2D eigenvalue weighted by molar-refractivity contribution is -0.687. The summed E-state index contributed by atoms with van der Waals surface area (Å²) in [5, 5.41) is 3.11. The first-order valence-corrected chi connectivity index (χ1v) is 5.80. The topological polar surface area (TPSA) is 21.5 Å². The lowest BCUT2D eigenvalue weighted by Gasteiger charge is -2.04. The predicted molar refractivity (Wildman–Crippen MR) is 66.2 cm³/mol. The maximum atomic E-state index is 6.09. The standard InChI is InChI=1S/C13H15ClN2/c1-16-8-4-6-12(16)10-15-9-11-5-2-3-7-13(11)14/h2-8,15H,9-10H2,1H3/p+1. The Bertz CT molecular complexity index is 462. The van der Waals surface area contributed by atoms with E-state index < -0.39 is 0 Å². The summed E-state index contributed by atoms with van der Waals surface area (Å²) in [4.78, 5) is 0. The van der Waals surface area contributed by atoms with Crippen LogP contribution in [0.25, 0.3) is 0 Å². The molecule has 0 saturated heterocycles. The number of aryl methyl sites for hydroxylation is 1. The van der Waals surface area contributed by atoms with E-state index in [1.807, 2.05) is 18.2 Å². The largest absolute Gasteiger partial charge is 0.350 e. The number of benzene rings is 1. The zero-order chi connectivity index (χ0) is 11.4. The molecule has 0 fully saturated rings. The van der Waals surface area contributed by atoms with Crippen molar-refractivity contribution in [3.8, 4) is 0 Å². The zero-order valence-electron chi connectivity index (χ0n) is 9.36. The second kappa shape index (κ2) is 5.19. The number of hydrogen-bond acceptors (Lipinski definition) is 0. The van der Waals surface area contributed by atoms with Crippen molar-refractivity contribution in [2.75, 3.05) is 0 Å². The summed E-state index contributed by atoms with van der Waals surface area (Å²) < 4.78 is 2.14. The average Bonchev–Trinajstić information content (AvgIpc) is 2.67. The van der Waals surface area contributed by atoms with Crippen molar-refractivity contribution < 1.29 is 5.32 Å². The van der Waals surface area contributed by atoms with Gasteiger partial charge in [0.2, 0.25) is 0 Å². The van der Waals surface area contributed by atoms with Gasteiger partial charge in [-0.05, 0) is 18.2 Å². The molecule has 0 atom stereocenters. The number of halogens is 1. The Morgan fingerprint density at radius 2 is 1.94 bits per heavy atom. The van der Waals surface area contributed by atoms with E-state index >= 15 is 0 Å². The molecular formula is C13H16ClN2+. The molecule has 0 radical (unpaired) electrons. The molecule has 3 heteroatoms. The highest BCUT2D eigenvalue weighted by atomic mass is 35.5. The first-order chi connectivity index (χ1) is 7.77. The molecule has 0 spiro atoms. The van der Waals surface area contributed by atoms with Crippen molar-refractivity contribution in [2.24, 2.45) is 7.05 Å². The second-order valence-electron chi connectivity index (χ2n) is 3.90. The van der Waals surface area contributed by atoms with Crippen molar-refractivity contribution in [3.63, 3.8) is 0 Å². The lowest BCUT2D eigenvalue weighted by atomic mass is 10.2. The zero-order valence-corrected chi connectivity index (χ0v) is 10.1. The van der Waals surface area contributed by atoms with E-state index in [1.54, 1.807) is 0 Å². The van der Waals surface area contributed by atoms with Crippen LogP contribution in [0.3, 0.4) is 0 Å². The first kappa shape index (κ1) is 11.2. The Morgan fingerprint density at radius 1 is 1.12 bits per heavy atom. The van der Waals surface area contributed by atoms with Crippen LogP contribution in [-0.4, -0.2) is 4.57 Å². The van der Waals surface area contributed by atoms with Crippen molar-refractivity contribution in [2.45, 2.75) is 13.1 Å². The molecule has 0 unspecified atom stereocenters. The number of nitrogens with two attached hydrogens (primary N) is 1. The summed E-state index contributed by atoms with van der Waals surface area (Å²) >= 11 is 6.09. The average molecular weight is 236 g/mol. The molecule has 2 N–H and O–H groups in total. The highest BCUT2D eigenvalue weighted by Gasteiger charge is 2.02. The van der Waals surface area contributed by atoms with E-state index in [-0.39, 0.29) is 0 Å². The van der Waals surface area contributed by atoms with Gasteiger partial charge in [0.25, 0.3) is 0 Å². The second-order valence-corrected chi connectivity index (χ2v) is 4.31. The van der Waals surface area contributed by atoms with Crippen LogP contribution in [0.4, 0.5) is 0 Å². The quantitative estimate of drug-likeness (QED) is 0.837. The van der Waals surface area contributed by atoms with Gasteiger partial charge in [0.05, 0.1) is 5.69 Å². The number of nitrogens with zero attached hydrogens (tertiary/aromatic N) is 1. The van der Waals surface area contributed by atoms with Gasteiger partial charge < -0.3 is 9.88 Å². The Kier molecular flexibility index (Phi) is 3.65. The van der Waals surface area contributed by atoms with E-state index in [2.05, 4.69) is 41.3 Å². The van der Waals surface area contributed by atoms with Gasteiger partial charge in [-0.2, -0.15) is 0 Å². The minimum atomic E-state index is 0.852. The summed E-state index contributed by atoms with van der Waals surface area (Å²) in [6, 6.07) is 12.2. The minimum absolute atomic E-state index is 0.852. The highest BCUT2D eigenvalue weighted by molar-refractivity contribution is 6.31. The van der Waals surface area contributed by atoms with Crippen LogP contribution in [0, 0.1) is 0 Å². The maximum absolute atomic E-state index is 6.09. The molecule has 0 aliphatic heterocycles. The number of aromatic nitrogens is 1. The van der Waals surface area contributed by atoms with Crippen LogP contribution in [-0.2, 0) is 20.1 Å². The van der Waals surface area contributed by atoms with Gasteiger partial charge in [0.1, 0.15) is 13.1 Å². The van der Waals surface area contributed by atoms with E-state index in [1.165, 1.54) is 11.3 Å². The third-order valence-electron chi connectivity index (χ3n) is 2.73. The molecule has 0 aliphatic carbocycles. The third kappa shape index (κ3) is 2.65. The van der Waals surface area contributed by atoms with Gasteiger partial charge in [-0.1, -0.05) is 29.8 Å². The highest BCUT2D eigenvalue weighted by Crippen LogP contribution is 2.13. The molecule has 2 nitrogen and oxygen atoms in total. The molecule has 2 rings (SSSR count). The van der Waals surface area contributed by atoms with Crippen molar-refractivity contribution in [3.05, 3.63) is 58.9 Å². The van der Waals surface area contributed by atoms with E-state index in [0.717, 1.165) is 18.1 Å². The van der Waals surface area contributed by atoms with Gasteiger partial charge in [0.15, 0.2) is 0 Å². The molecule has 0 aliphatic rings. The molecule has 84 valence electrons. The molecule has 1 aromatic carbocycles. The molecule has 16 heavy (non-hydrogen) atoms. The van der Waals surface area contributed by atoms with Gasteiger partial charge in [-0.15, -0.1) is 0 Å². The molecular weight excluding hydrogens is 220 g/mol. The van der Waals surface area contributed by atoms with Crippen LogP contribution in [0.5, 0.6) is 0 Å². The van der Waals surface area contributed by atoms with Crippen LogP contribution in [0.15, 0.2) is 42.6 Å². The SMILES string of the molecule is Cn1cccc1C[NH2+]Cc1ccccc1Cl. The first-order valence-electron chi connectivity index (χ1n) is 5.42. The third-order valence-corrected chi connectivity index (χ3v) is 3.10. The summed E-state index contributed by atoms with van der Waals surface area (Å²) in [5.41, 5.74) is 2.52. The molecule has 2 aromatic rings. The Morgan fingerprint density at radius 3 is 2.62 bits per heavy atom.